The van der Waals surface area contributed by atoms with Crippen LogP contribution in [0.1, 0.15) is 6.42 Å². The molecule has 5 nitrogen and oxygen atoms in total. The Morgan fingerprint density at radius 1 is 1.17 bits per heavy atom. The molecule has 0 unspecified atom stereocenters. The molecule has 1 aromatic rings. The zero-order chi connectivity index (χ0) is 12.8. The van der Waals surface area contributed by atoms with Crippen LogP contribution in [-0.2, 0) is 19.6 Å². The van der Waals surface area contributed by atoms with Gasteiger partial charge in [-0.25, -0.2) is 8.42 Å². The number of sulfonamides is 1. The number of ether oxygens (including phenoxy) is 1. The lowest BCUT2D eigenvalue weighted by atomic mass is 10.1. The molecule has 0 amide bonds. The van der Waals surface area contributed by atoms with Crippen LogP contribution in [0.2, 0.25) is 0 Å². The van der Waals surface area contributed by atoms with Gasteiger partial charge in [0.15, 0.2) is 0 Å². The maximum Gasteiger partial charge on any atom is 0.306 e. The van der Waals surface area contributed by atoms with Gasteiger partial charge in [-0.05, 0) is 12.1 Å². The summed E-state index contributed by atoms with van der Waals surface area (Å²) in [6.07, 6.45) is 0.0573. The molecule has 0 N–H and O–H groups in total. The maximum atomic E-state index is 12.3. The Kier molecular flexibility index (Phi) is 2.64. The highest BCUT2D eigenvalue weighted by Gasteiger charge is 2.46. The van der Waals surface area contributed by atoms with Crippen molar-refractivity contribution in [2.24, 2.45) is 5.92 Å². The number of benzene rings is 1. The van der Waals surface area contributed by atoms with E-state index in [1.165, 1.54) is 4.31 Å². The lowest BCUT2D eigenvalue weighted by Gasteiger charge is -2.16. The summed E-state index contributed by atoms with van der Waals surface area (Å²) in [5, 5.41) is 0. The molecule has 2 saturated heterocycles. The van der Waals surface area contributed by atoms with Gasteiger partial charge < -0.3 is 4.74 Å². The Morgan fingerprint density at radius 2 is 1.89 bits per heavy atom. The second kappa shape index (κ2) is 4.07. The molecule has 0 spiro atoms. The number of hydrogen-bond acceptors (Lipinski definition) is 4. The summed E-state index contributed by atoms with van der Waals surface area (Å²) in [7, 11) is -3.46. The first-order valence-corrected chi connectivity index (χ1v) is 7.26. The van der Waals surface area contributed by atoms with E-state index in [2.05, 4.69) is 0 Å². The summed E-state index contributed by atoms with van der Waals surface area (Å²) in [4.78, 5) is 11.4. The fourth-order valence-electron chi connectivity index (χ4n) is 2.50. The topological polar surface area (TPSA) is 63.7 Å². The van der Waals surface area contributed by atoms with Crippen molar-refractivity contribution in [1.29, 1.82) is 0 Å². The van der Waals surface area contributed by atoms with E-state index < -0.39 is 10.0 Å². The van der Waals surface area contributed by atoms with Crippen LogP contribution in [0, 0.1) is 5.92 Å². The number of esters is 1. The highest BCUT2D eigenvalue weighted by Crippen LogP contribution is 2.32. The number of rotatable bonds is 2. The van der Waals surface area contributed by atoms with Crippen molar-refractivity contribution >= 4 is 16.0 Å². The fraction of sp³-hybridized carbons (Fsp3) is 0.417. The number of nitrogens with zero attached hydrogens (tertiary/aromatic N) is 1. The minimum atomic E-state index is -3.46. The summed E-state index contributed by atoms with van der Waals surface area (Å²) in [5.74, 6) is -0.210. The van der Waals surface area contributed by atoms with Crippen molar-refractivity contribution < 1.29 is 17.9 Å². The van der Waals surface area contributed by atoms with Gasteiger partial charge in [0.1, 0.15) is 6.10 Å². The van der Waals surface area contributed by atoms with Crippen molar-refractivity contribution in [3.8, 4) is 0 Å². The van der Waals surface area contributed by atoms with Crippen LogP contribution in [0.15, 0.2) is 35.2 Å². The number of carbonyl (C=O) groups is 1. The molecule has 0 radical (unpaired) electrons. The first kappa shape index (κ1) is 11.7. The molecule has 2 heterocycles. The lowest BCUT2D eigenvalue weighted by molar-refractivity contribution is -0.141. The average molecular weight is 267 g/mol. The third kappa shape index (κ3) is 1.81. The molecule has 2 fully saturated rings. The van der Waals surface area contributed by atoms with Crippen molar-refractivity contribution in [2.45, 2.75) is 17.4 Å². The quantitative estimate of drug-likeness (QED) is 0.737. The van der Waals surface area contributed by atoms with Crippen molar-refractivity contribution in [3.05, 3.63) is 30.3 Å². The van der Waals surface area contributed by atoms with Crippen LogP contribution in [-0.4, -0.2) is 37.9 Å². The monoisotopic (exact) mass is 267 g/mol. The molecule has 0 aliphatic carbocycles. The molecule has 0 saturated carbocycles. The minimum absolute atomic E-state index is 0.0102. The van der Waals surface area contributed by atoms with E-state index in [1.807, 2.05) is 0 Å². The first-order chi connectivity index (χ1) is 8.57. The van der Waals surface area contributed by atoms with Crippen LogP contribution in [0.25, 0.3) is 0 Å². The molecule has 2 aliphatic heterocycles. The van der Waals surface area contributed by atoms with Gasteiger partial charge in [-0.15, -0.1) is 0 Å². The van der Waals surface area contributed by atoms with Crippen molar-refractivity contribution in [3.63, 3.8) is 0 Å². The lowest BCUT2D eigenvalue weighted by Crippen LogP contribution is -2.31. The molecule has 6 heteroatoms. The Morgan fingerprint density at radius 3 is 2.56 bits per heavy atom. The molecule has 18 heavy (non-hydrogen) atoms. The van der Waals surface area contributed by atoms with E-state index in [0.29, 0.717) is 13.0 Å². The Bertz CT molecular complexity index is 553. The molecular formula is C12H13NO4S. The van der Waals surface area contributed by atoms with Crippen LogP contribution in [0.5, 0.6) is 0 Å². The summed E-state index contributed by atoms with van der Waals surface area (Å²) in [6.45, 7) is 0.640. The summed E-state index contributed by atoms with van der Waals surface area (Å²) >= 11 is 0. The SMILES string of the molecule is O=C1C[C@@H]2CN(S(=O)(=O)c3ccccc3)C[C@@H]2O1. The Balaban J connectivity index is 1.83. The number of fused-ring (bicyclic) bond motifs is 1. The van der Waals surface area contributed by atoms with Gasteiger partial charge in [0.25, 0.3) is 0 Å². The highest BCUT2D eigenvalue weighted by molar-refractivity contribution is 7.89. The van der Waals surface area contributed by atoms with E-state index >= 15 is 0 Å². The summed E-state index contributed by atoms with van der Waals surface area (Å²) < 4.78 is 31.2. The number of carbonyl (C=O) groups excluding carboxylic acids is 1. The van der Waals surface area contributed by atoms with Crippen LogP contribution in [0.3, 0.4) is 0 Å². The van der Waals surface area contributed by atoms with Gasteiger partial charge in [-0.3, -0.25) is 4.79 Å². The molecule has 2 aliphatic rings. The zero-order valence-electron chi connectivity index (χ0n) is 9.65. The molecule has 2 atom stereocenters. The van der Waals surface area contributed by atoms with Crippen molar-refractivity contribution in [1.82, 2.24) is 4.31 Å². The minimum Gasteiger partial charge on any atom is -0.461 e. The van der Waals surface area contributed by atoms with Gasteiger partial charge >= 0.3 is 5.97 Å². The van der Waals surface area contributed by atoms with Gasteiger partial charge in [-0.1, -0.05) is 18.2 Å². The third-order valence-electron chi connectivity index (χ3n) is 3.44. The predicted octanol–water partition coefficient (Wildman–Crippen LogP) is 0.623. The van der Waals surface area contributed by atoms with E-state index in [9.17, 15) is 13.2 Å². The van der Waals surface area contributed by atoms with Crippen LogP contribution >= 0.6 is 0 Å². The van der Waals surface area contributed by atoms with E-state index in [4.69, 9.17) is 4.74 Å². The Labute approximate surface area is 105 Å². The normalized spacial score (nSPS) is 28.1. The maximum absolute atomic E-state index is 12.3. The standard InChI is InChI=1S/C12H13NO4S/c14-12-6-9-7-13(8-11(9)17-12)18(15,16)10-4-2-1-3-5-10/h1-5,9,11H,6-8H2/t9-,11+/m1/s1. The van der Waals surface area contributed by atoms with Crippen LogP contribution in [0.4, 0.5) is 0 Å². The van der Waals surface area contributed by atoms with Gasteiger partial charge in [-0.2, -0.15) is 4.31 Å². The highest BCUT2D eigenvalue weighted by atomic mass is 32.2. The molecule has 0 bridgehead atoms. The van der Waals surface area contributed by atoms with Gasteiger partial charge in [0.05, 0.1) is 17.9 Å². The smallest absolute Gasteiger partial charge is 0.306 e. The van der Waals surface area contributed by atoms with E-state index in [0.717, 1.165) is 0 Å². The first-order valence-electron chi connectivity index (χ1n) is 5.82. The molecule has 96 valence electrons. The molecule has 3 rings (SSSR count). The van der Waals surface area contributed by atoms with Gasteiger partial charge in [0, 0.05) is 12.5 Å². The second-order valence-electron chi connectivity index (χ2n) is 4.63. The van der Waals surface area contributed by atoms with Gasteiger partial charge in [0.2, 0.25) is 10.0 Å². The zero-order valence-corrected chi connectivity index (χ0v) is 10.5. The fourth-order valence-corrected chi connectivity index (χ4v) is 4.03. The van der Waals surface area contributed by atoms with Crippen LogP contribution < -0.4 is 0 Å². The molecular weight excluding hydrogens is 254 g/mol. The Hall–Kier alpha value is -1.40. The average Bonchev–Trinajstić information content (AvgIpc) is 2.87. The molecule has 1 aromatic carbocycles. The number of hydrogen-bond donors (Lipinski definition) is 0. The van der Waals surface area contributed by atoms with E-state index in [-0.39, 0.29) is 29.4 Å². The predicted molar refractivity (Wildman–Crippen MR) is 63.2 cm³/mol. The summed E-state index contributed by atoms with van der Waals surface area (Å²) in [6, 6.07) is 8.33. The van der Waals surface area contributed by atoms with E-state index in [1.54, 1.807) is 30.3 Å². The summed E-state index contributed by atoms with van der Waals surface area (Å²) in [5.41, 5.74) is 0. The molecule has 0 aromatic heterocycles. The largest absolute Gasteiger partial charge is 0.461 e. The van der Waals surface area contributed by atoms with Crippen molar-refractivity contribution in [2.75, 3.05) is 13.1 Å². The third-order valence-corrected chi connectivity index (χ3v) is 5.29. The second-order valence-corrected chi connectivity index (χ2v) is 6.57.